The van der Waals surface area contributed by atoms with Crippen LogP contribution in [0.25, 0.3) is 0 Å². The summed E-state index contributed by atoms with van der Waals surface area (Å²) in [5, 5.41) is 4.65. The molecule has 1 aromatic heterocycles. The molecule has 7 rings (SSSR count). The number of piperazine rings is 1. The average Bonchev–Trinajstić information content (AvgIpc) is 3.20. The largest absolute Gasteiger partial charge is 0.340 e. The van der Waals surface area contributed by atoms with Crippen molar-refractivity contribution in [2.75, 3.05) is 26.2 Å². The van der Waals surface area contributed by atoms with E-state index in [2.05, 4.69) is 71.7 Å². The number of aromatic nitrogens is 3. The van der Waals surface area contributed by atoms with E-state index < -0.39 is 0 Å². The van der Waals surface area contributed by atoms with Gasteiger partial charge in [-0.05, 0) is 78.8 Å². The third kappa shape index (κ3) is 3.52. The maximum atomic E-state index is 14.0. The first-order chi connectivity index (χ1) is 15.4. The molecule has 7 heteroatoms. The van der Waals surface area contributed by atoms with Crippen molar-refractivity contribution < 1.29 is 4.79 Å². The molecule has 5 fully saturated rings. The minimum Gasteiger partial charge on any atom is -0.340 e. The Kier molecular flexibility index (Phi) is 4.99. The van der Waals surface area contributed by atoms with E-state index in [1.807, 2.05) is 6.33 Å². The van der Waals surface area contributed by atoms with Gasteiger partial charge in [0.25, 0.3) is 0 Å². The number of carbonyl (C=O) groups is 1. The minimum atomic E-state index is -0.193. The first kappa shape index (κ1) is 20.8. The highest BCUT2D eigenvalue weighted by atomic mass is 79.9. The van der Waals surface area contributed by atoms with Crippen LogP contribution in [0.5, 0.6) is 0 Å². The van der Waals surface area contributed by atoms with Crippen molar-refractivity contribution in [3.63, 3.8) is 0 Å². The van der Waals surface area contributed by atoms with Gasteiger partial charge >= 0.3 is 0 Å². The predicted octanol–water partition coefficient (Wildman–Crippen LogP) is 3.99. The lowest BCUT2D eigenvalue weighted by Crippen LogP contribution is -2.62. The van der Waals surface area contributed by atoms with Crippen molar-refractivity contribution in [2.24, 2.45) is 17.3 Å². The molecule has 4 bridgehead atoms. The molecule has 1 amide bonds. The van der Waals surface area contributed by atoms with Crippen molar-refractivity contribution in [3.05, 3.63) is 46.5 Å². The van der Waals surface area contributed by atoms with Crippen molar-refractivity contribution >= 4 is 21.8 Å². The van der Waals surface area contributed by atoms with Gasteiger partial charge in [0.05, 0.1) is 11.0 Å². The van der Waals surface area contributed by atoms with Crippen LogP contribution in [0, 0.1) is 24.2 Å². The van der Waals surface area contributed by atoms with Gasteiger partial charge < -0.3 is 4.90 Å². The maximum absolute atomic E-state index is 14.0. The maximum Gasteiger partial charge on any atom is 0.228 e. The molecule has 5 aliphatic rings. The Bertz CT molecular complexity index is 1010. The van der Waals surface area contributed by atoms with Gasteiger partial charge in [-0.3, -0.25) is 9.69 Å². The number of rotatable bonds is 4. The fourth-order valence-corrected chi connectivity index (χ4v) is 7.98. The van der Waals surface area contributed by atoms with Gasteiger partial charge in [-0.1, -0.05) is 29.8 Å². The molecule has 6 nitrogen and oxygen atoms in total. The van der Waals surface area contributed by atoms with E-state index >= 15 is 0 Å². The minimum absolute atomic E-state index is 0.0221. The van der Waals surface area contributed by atoms with Crippen molar-refractivity contribution in [1.82, 2.24) is 24.6 Å². The third-order valence-corrected chi connectivity index (χ3v) is 8.95. The van der Waals surface area contributed by atoms with E-state index in [9.17, 15) is 4.79 Å². The van der Waals surface area contributed by atoms with Crippen LogP contribution in [0.3, 0.4) is 0 Å². The second-order valence-corrected chi connectivity index (χ2v) is 11.7. The molecule has 4 aliphatic carbocycles. The summed E-state index contributed by atoms with van der Waals surface area (Å²) in [6.45, 7) is 6.75. The highest BCUT2D eigenvalue weighted by Gasteiger charge is 2.62. The molecule has 170 valence electrons. The van der Waals surface area contributed by atoms with Crippen LogP contribution < -0.4 is 0 Å². The number of carbonyl (C=O) groups excluding carboxylic acids is 1. The molecule has 1 aliphatic heterocycles. The number of hydrogen-bond acceptors (Lipinski definition) is 4. The van der Waals surface area contributed by atoms with Gasteiger partial charge in [0, 0.05) is 32.7 Å². The number of aryl methyl sites for hydroxylation is 1. The van der Waals surface area contributed by atoms with Crippen LogP contribution in [0.1, 0.15) is 49.7 Å². The zero-order chi connectivity index (χ0) is 21.9. The molecule has 32 heavy (non-hydrogen) atoms. The van der Waals surface area contributed by atoms with E-state index in [1.54, 1.807) is 0 Å². The molecule has 0 N–H and O–H groups in total. The van der Waals surface area contributed by atoms with Crippen LogP contribution in [0.2, 0.25) is 0 Å². The number of halogens is 1. The summed E-state index contributed by atoms with van der Waals surface area (Å²) in [5.41, 5.74) is 2.46. The third-order valence-electron chi connectivity index (χ3n) is 8.58. The number of benzene rings is 1. The van der Waals surface area contributed by atoms with Gasteiger partial charge in [-0.25, -0.2) is 9.67 Å². The second kappa shape index (κ2) is 7.66. The molecule has 2 aromatic rings. The van der Waals surface area contributed by atoms with Gasteiger partial charge in [-0.2, -0.15) is 0 Å². The fraction of sp³-hybridized carbons (Fsp3) is 0.640. The molecule has 2 atom stereocenters. The summed E-state index contributed by atoms with van der Waals surface area (Å²) in [4.78, 5) is 23.0. The molecule has 2 unspecified atom stereocenters. The molecule has 1 saturated heterocycles. The Morgan fingerprint density at radius 1 is 1.12 bits per heavy atom. The molecule has 0 radical (unpaired) electrons. The van der Waals surface area contributed by atoms with E-state index in [4.69, 9.17) is 0 Å². The molecule has 4 saturated carbocycles. The highest BCUT2D eigenvalue weighted by molar-refractivity contribution is 9.10. The number of amides is 1. The lowest BCUT2D eigenvalue weighted by Gasteiger charge is -2.61. The molecular formula is C25H32BrN5O. The van der Waals surface area contributed by atoms with Gasteiger partial charge in [0.2, 0.25) is 10.6 Å². The summed E-state index contributed by atoms with van der Waals surface area (Å²) in [6, 6.07) is 8.77. The summed E-state index contributed by atoms with van der Waals surface area (Å²) in [7, 11) is 0. The van der Waals surface area contributed by atoms with Crippen LogP contribution in [0.15, 0.2) is 35.3 Å². The van der Waals surface area contributed by atoms with Gasteiger partial charge in [0.1, 0.15) is 6.33 Å². The summed E-state index contributed by atoms with van der Waals surface area (Å²) in [6.07, 6.45) is 8.55. The lowest BCUT2D eigenvalue weighted by atomic mass is 9.46. The van der Waals surface area contributed by atoms with Crippen LogP contribution >= 0.6 is 15.9 Å². The molecular weight excluding hydrogens is 466 g/mol. The summed E-state index contributed by atoms with van der Waals surface area (Å²) in [5.74, 6) is 1.71. The summed E-state index contributed by atoms with van der Waals surface area (Å²) >= 11 is 3.43. The zero-order valence-corrected chi connectivity index (χ0v) is 20.4. The predicted molar refractivity (Wildman–Crippen MR) is 126 cm³/mol. The Morgan fingerprint density at radius 3 is 2.53 bits per heavy atom. The van der Waals surface area contributed by atoms with Crippen LogP contribution in [-0.2, 0) is 16.9 Å². The standard InChI is InChI=1S/C25H32BrN5O/c1-18-3-2-4-19(9-18)15-29-5-7-30(8-6-29)22(32)24-11-20-10-21(12-24)14-25(13-20,16-24)31-17-27-23(26)28-31/h2-4,9,17,20-21H,5-8,10-16H2,1H3. The number of hydrogen-bond donors (Lipinski definition) is 0. The average molecular weight is 498 g/mol. The fourth-order valence-electron chi connectivity index (χ4n) is 7.72. The zero-order valence-electron chi connectivity index (χ0n) is 18.8. The number of nitrogens with zero attached hydrogens (tertiary/aromatic N) is 5. The highest BCUT2D eigenvalue weighted by Crippen LogP contribution is 2.64. The van der Waals surface area contributed by atoms with E-state index in [-0.39, 0.29) is 11.0 Å². The summed E-state index contributed by atoms with van der Waals surface area (Å²) < 4.78 is 2.74. The SMILES string of the molecule is Cc1cccc(CN2CCN(C(=O)C34CC5CC(C3)CC(n3cnc(Br)n3)(C5)C4)CC2)c1. The first-order valence-electron chi connectivity index (χ1n) is 12.1. The first-order valence-corrected chi connectivity index (χ1v) is 12.9. The molecule has 2 heterocycles. The topological polar surface area (TPSA) is 54.3 Å². The normalized spacial score (nSPS) is 34.2. The van der Waals surface area contributed by atoms with E-state index in [0.717, 1.165) is 64.8 Å². The van der Waals surface area contributed by atoms with Crippen molar-refractivity contribution in [3.8, 4) is 0 Å². The lowest BCUT2D eigenvalue weighted by molar-refractivity contribution is -0.168. The Morgan fingerprint density at radius 2 is 1.88 bits per heavy atom. The van der Waals surface area contributed by atoms with E-state index in [0.29, 0.717) is 22.5 Å². The monoisotopic (exact) mass is 497 g/mol. The molecule has 1 aromatic carbocycles. The van der Waals surface area contributed by atoms with Gasteiger partial charge in [-0.15, -0.1) is 5.10 Å². The Balaban J connectivity index is 1.17. The Labute approximate surface area is 198 Å². The quantitative estimate of drug-likeness (QED) is 0.640. The smallest absolute Gasteiger partial charge is 0.228 e. The van der Waals surface area contributed by atoms with E-state index in [1.165, 1.54) is 17.5 Å². The Hall–Kier alpha value is -1.73. The van der Waals surface area contributed by atoms with Crippen LogP contribution in [-0.4, -0.2) is 56.7 Å². The van der Waals surface area contributed by atoms with Crippen LogP contribution in [0.4, 0.5) is 0 Å². The van der Waals surface area contributed by atoms with Crippen molar-refractivity contribution in [2.45, 2.75) is 57.5 Å². The second-order valence-electron chi connectivity index (χ2n) is 11.0. The van der Waals surface area contributed by atoms with Crippen molar-refractivity contribution in [1.29, 1.82) is 0 Å². The van der Waals surface area contributed by atoms with Gasteiger partial charge in [0.15, 0.2) is 0 Å². The molecule has 0 spiro atoms.